The first kappa shape index (κ1) is 21.6. The van der Waals surface area contributed by atoms with Crippen molar-refractivity contribution in [2.24, 2.45) is 0 Å². The summed E-state index contributed by atoms with van der Waals surface area (Å²) in [7, 11) is 0. The van der Waals surface area contributed by atoms with Gasteiger partial charge in [0.05, 0.1) is 23.7 Å². The number of para-hydroxylation sites is 2. The van der Waals surface area contributed by atoms with E-state index in [1.54, 1.807) is 24.5 Å². The van der Waals surface area contributed by atoms with Crippen LogP contribution in [0.15, 0.2) is 67.0 Å². The number of fused-ring (bicyclic) bond motifs is 1. The van der Waals surface area contributed by atoms with Crippen LogP contribution in [0, 0.1) is 13.8 Å². The minimum absolute atomic E-state index is 0.142. The largest absolute Gasteiger partial charge is 0.494 e. The number of benzene rings is 2. The van der Waals surface area contributed by atoms with Gasteiger partial charge in [0.25, 0.3) is 5.91 Å². The molecule has 1 amide bonds. The second-order valence-electron chi connectivity index (χ2n) is 7.99. The zero-order valence-electron chi connectivity index (χ0n) is 18.7. The lowest BCUT2D eigenvalue weighted by molar-refractivity contribution is 0.0937. The summed E-state index contributed by atoms with van der Waals surface area (Å²) >= 11 is 0. The Bertz CT molecular complexity index is 1220. The number of nitrogens with zero attached hydrogens (tertiary/aromatic N) is 3. The number of ether oxygens (including phenoxy) is 1. The number of amides is 1. The van der Waals surface area contributed by atoms with E-state index in [-0.39, 0.29) is 11.9 Å². The number of imidazole rings is 1. The summed E-state index contributed by atoms with van der Waals surface area (Å²) in [4.78, 5) is 21.4. The maximum Gasteiger partial charge on any atom is 0.251 e. The van der Waals surface area contributed by atoms with Gasteiger partial charge in [0.15, 0.2) is 0 Å². The van der Waals surface area contributed by atoms with Crippen LogP contribution in [0.25, 0.3) is 11.0 Å². The molecule has 0 spiro atoms. The third kappa shape index (κ3) is 4.80. The first-order valence-electron chi connectivity index (χ1n) is 10.9. The van der Waals surface area contributed by atoms with E-state index >= 15 is 0 Å². The van der Waals surface area contributed by atoms with Gasteiger partial charge in [-0.25, -0.2) is 4.98 Å². The molecule has 0 aliphatic heterocycles. The van der Waals surface area contributed by atoms with Crippen molar-refractivity contribution >= 4 is 16.9 Å². The quantitative estimate of drug-likeness (QED) is 0.401. The van der Waals surface area contributed by atoms with Gasteiger partial charge in [0.1, 0.15) is 11.6 Å². The predicted molar refractivity (Wildman–Crippen MR) is 126 cm³/mol. The molecule has 0 radical (unpaired) electrons. The molecule has 164 valence electrons. The molecule has 1 atom stereocenters. The normalized spacial score (nSPS) is 12.0. The van der Waals surface area contributed by atoms with Crippen LogP contribution in [0.3, 0.4) is 0 Å². The van der Waals surface area contributed by atoms with Crippen molar-refractivity contribution in [3.05, 3.63) is 89.5 Å². The van der Waals surface area contributed by atoms with E-state index in [9.17, 15) is 4.79 Å². The Kier molecular flexibility index (Phi) is 6.50. The number of rotatable bonds is 8. The number of aromatic nitrogens is 3. The lowest BCUT2D eigenvalue weighted by Gasteiger charge is -2.17. The summed E-state index contributed by atoms with van der Waals surface area (Å²) in [6, 6.07) is 17.4. The Morgan fingerprint density at radius 2 is 1.84 bits per heavy atom. The third-order valence-electron chi connectivity index (χ3n) is 5.63. The monoisotopic (exact) mass is 428 g/mol. The van der Waals surface area contributed by atoms with Gasteiger partial charge in [0, 0.05) is 24.5 Å². The van der Waals surface area contributed by atoms with Crippen molar-refractivity contribution in [1.29, 1.82) is 0 Å². The number of carbonyl (C=O) groups excluding carboxylic acids is 1. The van der Waals surface area contributed by atoms with Crippen molar-refractivity contribution in [2.75, 3.05) is 6.61 Å². The standard InChI is InChI=1S/C26H28N4O2/c1-18-9-10-22(17-19(18)2)32-16-6-15-30-24-8-5-4-7-23(24)29-25(30)20(3)28-26(31)21-11-13-27-14-12-21/h4-5,7-14,17,20H,6,15-16H2,1-3H3,(H,28,31). The molecular formula is C26H28N4O2. The molecule has 4 rings (SSSR count). The van der Waals surface area contributed by atoms with E-state index in [0.717, 1.165) is 35.6 Å². The molecule has 0 saturated carbocycles. The number of hydrogen-bond acceptors (Lipinski definition) is 4. The van der Waals surface area contributed by atoms with Crippen LogP contribution in [0.5, 0.6) is 5.75 Å². The minimum Gasteiger partial charge on any atom is -0.494 e. The van der Waals surface area contributed by atoms with E-state index < -0.39 is 0 Å². The Hall–Kier alpha value is -3.67. The van der Waals surface area contributed by atoms with Crippen molar-refractivity contribution in [1.82, 2.24) is 19.9 Å². The van der Waals surface area contributed by atoms with E-state index in [1.807, 2.05) is 31.2 Å². The number of nitrogens with one attached hydrogen (secondary N) is 1. The molecular weight excluding hydrogens is 400 g/mol. The smallest absolute Gasteiger partial charge is 0.251 e. The van der Waals surface area contributed by atoms with Crippen LogP contribution in [0.2, 0.25) is 0 Å². The zero-order valence-corrected chi connectivity index (χ0v) is 18.7. The number of aryl methyl sites for hydroxylation is 3. The average molecular weight is 429 g/mol. The maximum atomic E-state index is 12.6. The van der Waals surface area contributed by atoms with Gasteiger partial charge in [-0.1, -0.05) is 18.2 Å². The van der Waals surface area contributed by atoms with E-state index in [2.05, 4.69) is 46.9 Å². The molecule has 0 fully saturated rings. The highest BCUT2D eigenvalue weighted by atomic mass is 16.5. The van der Waals surface area contributed by atoms with Crippen LogP contribution in [0.4, 0.5) is 0 Å². The lowest BCUT2D eigenvalue weighted by atomic mass is 10.1. The Balaban J connectivity index is 1.47. The molecule has 0 saturated heterocycles. The molecule has 6 heteroatoms. The Labute approximate surface area is 188 Å². The van der Waals surface area contributed by atoms with E-state index in [0.29, 0.717) is 12.2 Å². The van der Waals surface area contributed by atoms with E-state index in [4.69, 9.17) is 9.72 Å². The van der Waals surface area contributed by atoms with Crippen LogP contribution in [-0.2, 0) is 6.54 Å². The van der Waals surface area contributed by atoms with Crippen molar-refractivity contribution in [3.63, 3.8) is 0 Å². The lowest BCUT2D eigenvalue weighted by Crippen LogP contribution is -2.28. The van der Waals surface area contributed by atoms with Gasteiger partial charge in [-0.05, 0) is 74.7 Å². The molecule has 4 aromatic rings. The average Bonchev–Trinajstić information content (AvgIpc) is 3.18. The van der Waals surface area contributed by atoms with Gasteiger partial charge < -0.3 is 14.6 Å². The Morgan fingerprint density at radius 1 is 1.06 bits per heavy atom. The first-order valence-corrected chi connectivity index (χ1v) is 10.9. The predicted octanol–water partition coefficient (Wildman–Crippen LogP) is 5.01. The number of pyridine rings is 1. The van der Waals surface area contributed by atoms with Gasteiger partial charge in [-0.15, -0.1) is 0 Å². The van der Waals surface area contributed by atoms with Gasteiger partial charge in [-0.3, -0.25) is 9.78 Å². The van der Waals surface area contributed by atoms with Crippen molar-refractivity contribution in [2.45, 2.75) is 39.8 Å². The van der Waals surface area contributed by atoms with Crippen LogP contribution in [-0.4, -0.2) is 27.0 Å². The second kappa shape index (κ2) is 9.64. The molecule has 1 unspecified atom stereocenters. The summed E-state index contributed by atoms with van der Waals surface area (Å²) in [5.41, 5.74) is 5.04. The molecule has 6 nitrogen and oxygen atoms in total. The van der Waals surface area contributed by atoms with Gasteiger partial charge in [-0.2, -0.15) is 0 Å². The summed E-state index contributed by atoms with van der Waals surface area (Å²) in [5, 5.41) is 3.06. The van der Waals surface area contributed by atoms with Crippen molar-refractivity contribution in [3.8, 4) is 5.75 Å². The highest BCUT2D eigenvalue weighted by Crippen LogP contribution is 2.22. The summed E-state index contributed by atoms with van der Waals surface area (Å²) in [6.07, 6.45) is 4.06. The van der Waals surface area contributed by atoms with Crippen LogP contribution in [0.1, 0.15) is 46.7 Å². The SMILES string of the molecule is Cc1ccc(OCCCn2c(C(C)NC(=O)c3ccncc3)nc3ccccc32)cc1C. The molecule has 2 aromatic heterocycles. The van der Waals surface area contributed by atoms with E-state index in [1.165, 1.54) is 11.1 Å². The summed E-state index contributed by atoms with van der Waals surface area (Å²) in [5.74, 6) is 1.58. The van der Waals surface area contributed by atoms with Crippen molar-refractivity contribution < 1.29 is 9.53 Å². The molecule has 0 aliphatic rings. The topological polar surface area (TPSA) is 69.0 Å². The highest BCUT2D eigenvalue weighted by molar-refractivity contribution is 5.94. The molecule has 1 N–H and O–H groups in total. The number of hydrogen-bond donors (Lipinski definition) is 1. The molecule has 2 heterocycles. The fourth-order valence-electron chi connectivity index (χ4n) is 3.72. The first-order chi connectivity index (χ1) is 15.5. The van der Waals surface area contributed by atoms with Gasteiger partial charge in [0.2, 0.25) is 0 Å². The molecule has 0 bridgehead atoms. The minimum atomic E-state index is -0.247. The van der Waals surface area contributed by atoms with Gasteiger partial charge >= 0.3 is 0 Å². The maximum absolute atomic E-state index is 12.6. The van der Waals surface area contributed by atoms with Crippen LogP contribution < -0.4 is 10.1 Å². The Morgan fingerprint density at radius 3 is 2.62 bits per heavy atom. The summed E-state index contributed by atoms with van der Waals surface area (Å²) < 4.78 is 8.14. The third-order valence-corrected chi connectivity index (χ3v) is 5.63. The fraction of sp³-hybridized carbons (Fsp3) is 0.269. The fourth-order valence-corrected chi connectivity index (χ4v) is 3.72. The summed E-state index contributed by atoms with van der Waals surface area (Å²) in [6.45, 7) is 7.50. The zero-order chi connectivity index (χ0) is 22.5. The molecule has 2 aromatic carbocycles. The highest BCUT2D eigenvalue weighted by Gasteiger charge is 2.19. The molecule has 0 aliphatic carbocycles. The number of carbonyl (C=O) groups is 1. The molecule has 32 heavy (non-hydrogen) atoms. The van der Waals surface area contributed by atoms with Crippen LogP contribution >= 0.6 is 0 Å². The second-order valence-corrected chi connectivity index (χ2v) is 7.99.